The van der Waals surface area contributed by atoms with E-state index in [0.29, 0.717) is 18.4 Å². The van der Waals surface area contributed by atoms with E-state index in [-0.39, 0.29) is 0 Å². The van der Waals surface area contributed by atoms with Crippen LogP contribution in [-0.4, -0.2) is 17.9 Å². The standard InChI is InChI=1S/C9H9F2NOS/c10-8(11)9(2-3-9)12-7(13)6-1-4-14-5-6/h1,4-5,8H,2-3H2,(H,12,13). The molecule has 0 atom stereocenters. The third-order valence-electron chi connectivity index (χ3n) is 2.35. The highest BCUT2D eigenvalue weighted by atomic mass is 32.1. The van der Waals surface area contributed by atoms with Gasteiger partial charge >= 0.3 is 0 Å². The van der Waals surface area contributed by atoms with E-state index in [1.807, 2.05) is 0 Å². The van der Waals surface area contributed by atoms with E-state index in [9.17, 15) is 13.6 Å². The van der Waals surface area contributed by atoms with Crippen LogP contribution in [0.25, 0.3) is 0 Å². The average molecular weight is 217 g/mol. The highest BCUT2D eigenvalue weighted by molar-refractivity contribution is 7.08. The largest absolute Gasteiger partial charge is 0.341 e. The molecule has 0 aromatic carbocycles. The SMILES string of the molecule is O=C(NC1(C(F)F)CC1)c1ccsc1. The van der Waals surface area contributed by atoms with E-state index in [1.165, 1.54) is 11.3 Å². The second kappa shape index (κ2) is 3.31. The first-order valence-corrected chi connectivity index (χ1v) is 5.21. The number of halogens is 2. The van der Waals surface area contributed by atoms with Crippen molar-refractivity contribution in [3.05, 3.63) is 22.4 Å². The van der Waals surface area contributed by atoms with Gasteiger partial charge in [0.25, 0.3) is 12.3 Å². The first-order valence-electron chi connectivity index (χ1n) is 4.27. The van der Waals surface area contributed by atoms with E-state index in [2.05, 4.69) is 5.32 Å². The van der Waals surface area contributed by atoms with Crippen LogP contribution < -0.4 is 5.32 Å². The summed E-state index contributed by atoms with van der Waals surface area (Å²) in [6, 6.07) is 1.63. The Kier molecular flexibility index (Phi) is 2.26. The number of hydrogen-bond donors (Lipinski definition) is 1. The Bertz CT molecular complexity index is 333. The van der Waals surface area contributed by atoms with E-state index in [0.717, 1.165) is 0 Å². The Morgan fingerprint density at radius 3 is 2.71 bits per heavy atom. The summed E-state index contributed by atoms with van der Waals surface area (Å²) in [7, 11) is 0. The number of hydrogen-bond acceptors (Lipinski definition) is 2. The number of carbonyl (C=O) groups excluding carboxylic acids is 1. The number of amides is 1. The predicted molar refractivity (Wildman–Crippen MR) is 49.8 cm³/mol. The van der Waals surface area contributed by atoms with Gasteiger partial charge in [-0.2, -0.15) is 11.3 Å². The van der Waals surface area contributed by atoms with Crippen molar-refractivity contribution in [3.8, 4) is 0 Å². The van der Waals surface area contributed by atoms with E-state index >= 15 is 0 Å². The van der Waals surface area contributed by atoms with Gasteiger partial charge < -0.3 is 5.32 Å². The van der Waals surface area contributed by atoms with Crippen LogP contribution in [0.1, 0.15) is 23.2 Å². The van der Waals surface area contributed by atoms with Gasteiger partial charge in [-0.15, -0.1) is 0 Å². The van der Waals surface area contributed by atoms with Gasteiger partial charge in [0, 0.05) is 5.38 Å². The predicted octanol–water partition coefficient (Wildman–Crippen LogP) is 2.28. The van der Waals surface area contributed by atoms with Gasteiger partial charge in [0.05, 0.1) is 5.56 Å². The summed E-state index contributed by atoms with van der Waals surface area (Å²) < 4.78 is 24.9. The maximum atomic E-state index is 12.5. The molecule has 1 heterocycles. The molecule has 0 saturated heterocycles. The smallest absolute Gasteiger partial charge is 0.261 e. The summed E-state index contributed by atoms with van der Waals surface area (Å²) in [6.07, 6.45) is -1.72. The molecule has 5 heteroatoms. The average Bonchev–Trinajstić information content (AvgIpc) is 2.74. The fourth-order valence-electron chi connectivity index (χ4n) is 1.22. The zero-order valence-corrected chi connectivity index (χ0v) is 8.11. The van der Waals surface area contributed by atoms with Crippen molar-refractivity contribution >= 4 is 17.2 Å². The van der Waals surface area contributed by atoms with Crippen LogP contribution >= 0.6 is 11.3 Å². The van der Waals surface area contributed by atoms with E-state index in [1.54, 1.807) is 16.8 Å². The van der Waals surface area contributed by atoms with Gasteiger partial charge in [-0.1, -0.05) is 0 Å². The molecule has 1 fully saturated rings. The molecule has 1 N–H and O–H groups in total. The molecule has 0 spiro atoms. The fourth-order valence-corrected chi connectivity index (χ4v) is 1.86. The summed E-state index contributed by atoms with van der Waals surface area (Å²) in [5, 5.41) is 5.78. The van der Waals surface area contributed by atoms with Crippen LogP contribution in [0.3, 0.4) is 0 Å². The van der Waals surface area contributed by atoms with Gasteiger partial charge in [0.2, 0.25) is 0 Å². The minimum Gasteiger partial charge on any atom is -0.341 e. The van der Waals surface area contributed by atoms with E-state index < -0.39 is 17.9 Å². The molecule has 2 rings (SSSR count). The Hall–Kier alpha value is -0.970. The lowest BCUT2D eigenvalue weighted by atomic mass is 10.2. The lowest BCUT2D eigenvalue weighted by molar-refractivity contribution is 0.0680. The summed E-state index contributed by atoms with van der Waals surface area (Å²) in [4.78, 5) is 11.4. The summed E-state index contributed by atoms with van der Waals surface area (Å²) >= 11 is 1.37. The molecule has 0 radical (unpaired) electrons. The van der Waals surface area contributed by atoms with Gasteiger partial charge in [-0.05, 0) is 24.3 Å². The Balaban J connectivity index is 2.02. The third kappa shape index (κ3) is 1.64. The van der Waals surface area contributed by atoms with Gasteiger partial charge in [-0.25, -0.2) is 8.78 Å². The van der Waals surface area contributed by atoms with Crippen molar-refractivity contribution in [1.82, 2.24) is 5.32 Å². The number of carbonyl (C=O) groups is 1. The second-order valence-electron chi connectivity index (χ2n) is 3.42. The van der Waals surface area contributed by atoms with Crippen LogP contribution in [0, 0.1) is 0 Å². The maximum absolute atomic E-state index is 12.5. The molecule has 1 aliphatic carbocycles. The minimum atomic E-state index is -2.47. The van der Waals surface area contributed by atoms with Crippen LogP contribution in [0.2, 0.25) is 0 Å². The van der Waals surface area contributed by atoms with Crippen molar-refractivity contribution in [2.24, 2.45) is 0 Å². The molecule has 0 unspecified atom stereocenters. The van der Waals surface area contributed by atoms with Crippen molar-refractivity contribution < 1.29 is 13.6 Å². The van der Waals surface area contributed by atoms with Gasteiger partial charge in [-0.3, -0.25) is 4.79 Å². The van der Waals surface area contributed by atoms with Crippen molar-refractivity contribution in [2.75, 3.05) is 0 Å². The number of alkyl halides is 2. The second-order valence-corrected chi connectivity index (χ2v) is 4.20. The molecule has 1 amide bonds. The van der Waals surface area contributed by atoms with Crippen LogP contribution in [0.5, 0.6) is 0 Å². The number of thiophene rings is 1. The zero-order valence-electron chi connectivity index (χ0n) is 7.30. The van der Waals surface area contributed by atoms with Crippen molar-refractivity contribution in [1.29, 1.82) is 0 Å². The molecule has 1 saturated carbocycles. The highest BCUT2D eigenvalue weighted by Crippen LogP contribution is 2.41. The van der Waals surface area contributed by atoms with Crippen molar-refractivity contribution in [2.45, 2.75) is 24.8 Å². The molecule has 1 aromatic heterocycles. The molecule has 14 heavy (non-hydrogen) atoms. The molecule has 1 aromatic rings. The minimum absolute atomic E-state index is 0.376. The van der Waals surface area contributed by atoms with Gasteiger partial charge in [0.1, 0.15) is 5.54 Å². The van der Waals surface area contributed by atoms with Gasteiger partial charge in [0.15, 0.2) is 0 Å². The third-order valence-corrected chi connectivity index (χ3v) is 3.04. The molecule has 76 valence electrons. The fraction of sp³-hybridized carbons (Fsp3) is 0.444. The topological polar surface area (TPSA) is 29.1 Å². The highest BCUT2D eigenvalue weighted by Gasteiger charge is 2.52. The lowest BCUT2D eigenvalue weighted by Crippen LogP contribution is -2.42. The van der Waals surface area contributed by atoms with Crippen LogP contribution in [0.15, 0.2) is 16.8 Å². The maximum Gasteiger partial charge on any atom is 0.261 e. The molecular formula is C9H9F2NOS. The number of rotatable bonds is 3. The molecule has 1 aliphatic rings. The quantitative estimate of drug-likeness (QED) is 0.826. The summed E-state index contributed by atoms with van der Waals surface area (Å²) in [5.41, 5.74) is -0.777. The normalized spacial score (nSPS) is 18.2. The van der Waals surface area contributed by atoms with E-state index in [4.69, 9.17) is 0 Å². The Morgan fingerprint density at radius 1 is 1.57 bits per heavy atom. The Morgan fingerprint density at radius 2 is 2.29 bits per heavy atom. The molecule has 2 nitrogen and oxygen atoms in total. The molecule has 0 bridgehead atoms. The number of nitrogens with one attached hydrogen (secondary N) is 1. The molecule has 0 aliphatic heterocycles. The first kappa shape index (κ1) is 9.58. The monoisotopic (exact) mass is 217 g/mol. The summed E-state index contributed by atoms with van der Waals surface area (Å²) in [6.45, 7) is 0. The summed E-state index contributed by atoms with van der Waals surface area (Å²) in [5.74, 6) is -0.399. The van der Waals surface area contributed by atoms with Crippen molar-refractivity contribution in [3.63, 3.8) is 0 Å². The first-order chi connectivity index (χ1) is 6.64. The van der Waals surface area contributed by atoms with Crippen LogP contribution in [0.4, 0.5) is 8.78 Å². The molecular weight excluding hydrogens is 208 g/mol. The zero-order chi connectivity index (χ0) is 10.2. The Labute approximate surface area is 83.9 Å². The van der Waals surface area contributed by atoms with Crippen LogP contribution in [-0.2, 0) is 0 Å². The lowest BCUT2D eigenvalue weighted by Gasteiger charge is -2.15.